The van der Waals surface area contributed by atoms with Gasteiger partial charge in [-0.1, -0.05) is 31.2 Å². The number of halogens is 1. The minimum atomic E-state index is -3.42. The van der Waals surface area contributed by atoms with E-state index in [1.165, 1.54) is 7.11 Å². The summed E-state index contributed by atoms with van der Waals surface area (Å²) in [6, 6.07) is 7.29. The van der Waals surface area contributed by atoms with Crippen molar-refractivity contribution in [2.24, 2.45) is 16.8 Å². The van der Waals surface area contributed by atoms with Crippen LogP contribution in [0, 0.1) is 11.8 Å². The molecule has 8 nitrogen and oxygen atoms in total. The molecule has 0 bridgehead atoms. The van der Waals surface area contributed by atoms with E-state index < -0.39 is 10.0 Å². The van der Waals surface area contributed by atoms with Gasteiger partial charge in [0.1, 0.15) is 0 Å². The van der Waals surface area contributed by atoms with Crippen molar-refractivity contribution in [2.75, 3.05) is 26.7 Å². The van der Waals surface area contributed by atoms with E-state index in [9.17, 15) is 13.2 Å². The van der Waals surface area contributed by atoms with Crippen LogP contribution in [0.25, 0.3) is 0 Å². The number of nitrogens with zero attached hydrogens (tertiary/aromatic N) is 2. The molecule has 0 aliphatic carbocycles. The molecule has 1 aliphatic heterocycles. The maximum Gasteiger partial charge on any atom is 0.310 e. The zero-order chi connectivity index (χ0) is 22.3. The number of ether oxygens (including phenoxy) is 1. The molecule has 2 rings (SSSR count). The smallest absolute Gasteiger partial charge is 0.310 e. The van der Waals surface area contributed by atoms with Gasteiger partial charge in [0.25, 0.3) is 0 Å². The predicted molar refractivity (Wildman–Crippen MR) is 134 cm³/mol. The number of rotatable bonds is 8. The number of nitrogens with one attached hydrogen (secondary N) is 2. The average Bonchev–Trinajstić information content (AvgIpc) is 3.05. The normalized spacial score (nSPS) is 19.3. The minimum absolute atomic E-state index is 0. The number of sulfonamides is 1. The Balaban J connectivity index is 0.00000480. The molecule has 1 saturated heterocycles. The molecule has 10 heteroatoms. The summed E-state index contributed by atoms with van der Waals surface area (Å²) in [4.78, 5) is 18.8. The van der Waals surface area contributed by atoms with E-state index in [0.29, 0.717) is 32.1 Å². The zero-order valence-electron chi connectivity index (χ0n) is 18.9. The van der Waals surface area contributed by atoms with Gasteiger partial charge in [0.2, 0.25) is 10.0 Å². The molecule has 2 atom stereocenters. The molecule has 0 aromatic heterocycles. The highest BCUT2D eigenvalue weighted by atomic mass is 127. The summed E-state index contributed by atoms with van der Waals surface area (Å²) in [6.45, 7) is 9.93. The first-order valence-corrected chi connectivity index (χ1v) is 12.0. The van der Waals surface area contributed by atoms with Crippen LogP contribution < -0.4 is 10.0 Å². The first-order valence-electron chi connectivity index (χ1n) is 10.3. The Labute approximate surface area is 203 Å². The maximum atomic E-state index is 12.4. The second-order valence-electron chi connectivity index (χ2n) is 7.98. The van der Waals surface area contributed by atoms with Gasteiger partial charge >= 0.3 is 5.97 Å². The number of likely N-dealkylation sites (tertiary alicyclic amines) is 1. The maximum absolute atomic E-state index is 12.4. The van der Waals surface area contributed by atoms with Gasteiger partial charge in [-0.25, -0.2) is 18.1 Å². The molecule has 1 aromatic carbocycles. The van der Waals surface area contributed by atoms with Gasteiger partial charge in [-0.05, 0) is 37.8 Å². The molecule has 1 heterocycles. The van der Waals surface area contributed by atoms with Crippen LogP contribution in [0.3, 0.4) is 0 Å². The molecule has 2 N–H and O–H groups in total. The zero-order valence-corrected chi connectivity index (χ0v) is 22.1. The van der Waals surface area contributed by atoms with E-state index in [-0.39, 0.29) is 53.6 Å². The fraction of sp³-hybridized carbons (Fsp3) is 0.619. The summed E-state index contributed by atoms with van der Waals surface area (Å²) in [5.41, 5.74) is 1.59. The van der Waals surface area contributed by atoms with Crippen LogP contribution in [-0.2, 0) is 31.9 Å². The fourth-order valence-electron chi connectivity index (χ4n) is 3.64. The van der Waals surface area contributed by atoms with Crippen molar-refractivity contribution < 1.29 is 17.9 Å². The average molecular weight is 567 g/mol. The van der Waals surface area contributed by atoms with Crippen molar-refractivity contribution in [2.45, 2.75) is 46.0 Å². The number of benzene rings is 1. The second-order valence-corrected chi connectivity index (χ2v) is 9.74. The molecule has 0 radical (unpaired) electrons. The minimum Gasteiger partial charge on any atom is -0.469 e. The third-order valence-corrected chi connectivity index (χ3v) is 6.55. The van der Waals surface area contributed by atoms with Gasteiger partial charge in [-0.15, -0.1) is 24.0 Å². The van der Waals surface area contributed by atoms with Gasteiger partial charge in [0, 0.05) is 25.7 Å². The van der Waals surface area contributed by atoms with Crippen molar-refractivity contribution in [3.63, 3.8) is 0 Å². The Hall–Kier alpha value is -1.40. The summed E-state index contributed by atoms with van der Waals surface area (Å²) >= 11 is 0. The van der Waals surface area contributed by atoms with Gasteiger partial charge in [0.15, 0.2) is 5.96 Å². The first kappa shape index (κ1) is 27.6. The number of esters is 1. The number of hydrogen-bond donors (Lipinski definition) is 2. The summed E-state index contributed by atoms with van der Waals surface area (Å²) < 4.78 is 32.3. The topological polar surface area (TPSA) is 100 Å². The predicted octanol–water partition coefficient (Wildman–Crippen LogP) is 2.34. The quantitative estimate of drug-likeness (QED) is 0.217. The van der Waals surface area contributed by atoms with Crippen molar-refractivity contribution >= 4 is 45.9 Å². The van der Waals surface area contributed by atoms with Gasteiger partial charge < -0.3 is 15.0 Å². The van der Waals surface area contributed by atoms with Crippen LogP contribution in [0.15, 0.2) is 29.3 Å². The molecule has 2 unspecified atom stereocenters. The van der Waals surface area contributed by atoms with Gasteiger partial charge in [-0.2, -0.15) is 0 Å². The molecule has 1 fully saturated rings. The molecule has 0 saturated carbocycles. The second kappa shape index (κ2) is 12.6. The highest BCUT2D eigenvalue weighted by Crippen LogP contribution is 2.24. The molecule has 0 spiro atoms. The van der Waals surface area contributed by atoms with E-state index in [1.54, 1.807) is 13.8 Å². The van der Waals surface area contributed by atoms with Crippen LogP contribution in [0.2, 0.25) is 0 Å². The fourth-order valence-corrected chi connectivity index (χ4v) is 5.13. The SMILES string of the molecule is CCNC(=NCc1ccccc1CS(=O)(=O)NC(C)C)N1CC(C)C(C(=O)OC)C1.I. The van der Waals surface area contributed by atoms with Crippen LogP contribution in [0.1, 0.15) is 38.8 Å². The van der Waals surface area contributed by atoms with E-state index in [1.807, 2.05) is 38.1 Å². The van der Waals surface area contributed by atoms with Crippen LogP contribution in [-0.4, -0.2) is 58.0 Å². The Morgan fingerprint density at radius 2 is 1.90 bits per heavy atom. The molecule has 0 amide bonds. The number of hydrogen-bond acceptors (Lipinski definition) is 5. The molecular weight excluding hydrogens is 531 g/mol. The number of carbonyl (C=O) groups is 1. The summed E-state index contributed by atoms with van der Waals surface area (Å²) in [5.74, 6) is 0.417. The number of aliphatic imine (C=N–C) groups is 1. The van der Waals surface area contributed by atoms with Gasteiger partial charge in [0.05, 0.1) is 25.3 Å². The number of methoxy groups -OCH3 is 1. The summed E-state index contributed by atoms with van der Waals surface area (Å²) in [7, 11) is -2.01. The number of carbonyl (C=O) groups excluding carboxylic acids is 1. The van der Waals surface area contributed by atoms with E-state index >= 15 is 0 Å². The van der Waals surface area contributed by atoms with Crippen molar-refractivity contribution in [3.05, 3.63) is 35.4 Å². The highest BCUT2D eigenvalue weighted by molar-refractivity contribution is 14.0. The number of guanidine groups is 1. The standard InChI is InChI=1S/C21H34N4O4S.HI/c1-6-22-21(25-12-16(4)19(13-25)20(26)29-5)23-11-17-9-7-8-10-18(17)14-30(27,28)24-15(2)3;/h7-10,15-16,19,24H,6,11-14H2,1-5H3,(H,22,23);1H. The van der Waals surface area contributed by atoms with Crippen LogP contribution >= 0.6 is 24.0 Å². The lowest BCUT2D eigenvalue weighted by atomic mass is 9.99. The lowest BCUT2D eigenvalue weighted by Gasteiger charge is -2.21. The van der Waals surface area contributed by atoms with Crippen LogP contribution in [0.4, 0.5) is 0 Å². The Morgan fingerprint density at radius 3 is 2.48 bits per heavy atom. The van der Waals surface area contributed by atoms with Crippen molar-refractivity contribution in [1.82, 2.24) is 14.9 Å². The Bertz CT molecular complexity index is 861. The largest absolute Gasteiger partial charge is 0.469 e. The Kier molecular flexibility index (Phi) is 11.2. The molecule has 176 valence electrons. The van der Waals surface area contributed by atoms with E-state index in [2.05, 4.69) is 14.9 Å². The molecule has 1 aliphatic rings. The molecule has 1 aromatic rings. The third kappa shape index (κ3) is 8.23. The van der Waals surface area contributed by atoms with Gasteiger partial charge in [-0.3, -0.25) is 4.79 Å². The first-order chi connectivity index (χ1) is 14.2. The monoisotopic (exact) mass is 566 g/mol. The summed E-state index contributed by atoms with van der Waals surface area (Å²) in [5, 5.41) is 3.28. The summed E-state index contributed by atoms with van der Waals surface area (Å²) in [6.07, 6.45) is 0. The van der Waals surface area contributed by atoms with Crippen LogP contribution in [0.5, 0.6) is 0 Å². The van der Waals surface area contributed by atoms with Crippen molar-refractivity contribution in [1.29, 1.82) is 0 Å². The lowest BCUT2D eigenvalue weighted by Crippen LogP contribution is -2.40. The van der Waals surface area contributed by atoms with E-state index in [4.69, 9.17) is 9.73 Å². The van der Waals surface area contributed by atoms with E-state index in [0.717, 1.165) is 11.1 Å². The third-order valence-electron chi connectivity index (χ3n) is 5.03. The molecular formula is C21H35IN4O4S. The van der Waals surface area contributed by atoms with Crippen molar-refractivity contribution in [3.8, 4) is 0 Å². The lowest BCUT2D eigenvalue weighted by molar-refractivity contribution is -0.145. The highest BCUT2D eigenvalue weighted by Gasteiger charge is 2.36. The molecule has 31 heavy (non-hydrogen) atoms. The Morgan fingerprint density at radius 1 is 1.26 bits per heavy atom.